The quantitative estimate of drug-likeness (QED) is 0.249. The third-order valence-electron chi connectivity index (χ3n) is 5.60. The molecular formula is C22H30FN5O3. The van der Waals surface area contributed by atoms with E-state index in [0.717, 1.165) is 19.3 Å². The fraction of sp³-hybridized carbons (Fsp3) is 0.636. The Morgan fingerprint density at radius 3 is 2.84 bits per heavy atom. The van der Waals surface area contributed by atoms with Crippen molar-refractivity contribution in [2.75, 3.05) is 12.3 Å². The second kappa shape index (κ2) is 10.5. The average molecular weight is 432 g/mol. The third kappa shape index (κ3) is 5.70. The number of fused-ring (bicyclic) bond motifs is 1. The molecule has 0 saturated carbocycles. The van der Waals surface area contributed by atoms with Crippen LogP contribution in [0.1, 0.15) is 77.4 Å². The molecule has 1 aliphatic heterocycles. The monoisotopic (exact) mass is 431 g/mol. The molecule has 2 atom stereocenters. The lowest BCUT2D eigenvalue weighted by Crippen LogP contribution is -2.34. The standard InChI is InChI=1S/C22H30FN5O3/c1-3-5-6-7-8-9-10-11-17(29)30-14-22(4-2)13-12-16(31-22)28-15-25-18-19(24)26-21(23)27-20(18)28/h2,15-16H,3,5-14H2,1H3,(H2,24,26,27)/t16-,22+/m1/s1. The van der Waals surface area contributed by atoms with Crippen molar-refractivity contribution in [3.63, 3.8) is 0 Å². The van der Waals surface area contributed by atoms with Gasteiger partial charge in [-0.2, -0.15) is 14.4 Å². The summed E-state index contributed by atoms with van der Waals surface area (Å²) in [6, 6.07) is 0. The number of halogens is 1. The van der Waals surface area contributed by atoms with E-state index >= 15 is 0 Å². The average Bonchev–Trinajstić information content (AvgIpc) is 3.36. The van der Waals surface area contributed by atoms with Crippen LogP contribution in [0.5, 0.6) is 0 Å². The van der Waals surface area contributed by atoms with E-state index in [2.05, 4.69) is 27.8 Å². The number of hydrogen-bond acceptors (Lipinski definition) is 7. The number of imidazole rings is 1. The minimum Gasteiger partial charge on any atom is -0.462 e. The van der Waals surface area contributed by atoms with Gasteiger partial charge in [-0.15, -0.1) is 6.42 Å². The highest BCUT2D eigenvalue weighted by atomic mass is 19.1. The van der Waals surface area contributed by atoms with Crippen molar-refractivity contribution in [3.8, 4) is 12.3 Å². The Labute approximate surface area is 181 Å². The fourth-order valence-electron chi connectivity index (χ4n) is 3.80. The number of unbranched alkanes of at least 4 members (excludes halogenated alkanes) is 6. The summed E-state index contributed by atoms with van der Waals surface area (Å²) < 4.78 is 26.6. The van der Waals surface area contributed by atoms with Gasteiger partial charge in [0, 0.05) is 6.42 Å². The Kier molecular flexibility index (Phi) is 7.80. The van der Waals surface area contributed by atoms with Crippen LogP contribution in [0.4, 0.5) is 10.2 Å². The molecule has 0 amide bonds. The summed E-state index contributed by atoms with van der Waals surface area (Å²) in [5, 5.41) is 0. The maximum absolute atomic E-state index is 13.6. The molecule has 2 aromatic rings. The highest BCUT2D eigenvalue weighted by molar-refractivity contribution is 5.81. The van der Waals surface area contributed by atoms with Crippen molar-refractivity contribution in [2.45, 2.75) is 83.0 Å². The second-order valence-electron chi connectivity index (χ2n) is 7.98. The molecule has 9 heteroatoms. The Morgan fingerprint density at radius 1 is 1.35 bits per heavy atom. The number of carbonyl (C=O) groups is 1. The molecule has 3 heterocycles. The Balaban J connectivity index is 1.50. The van der Waals surface area contributed by atoms with Crippen LogP contribution in [0.15, 0.2) is 6.33 Å². The minimum atomic E-state index is -1.03. The van der Waals surface area contributed by atoms with Crippen molar-refractivity contribution >= 4 is 23.0 Å². The van der Waals surface area contributed by atoms with Gasteiger partial charge in [0.1, 0.15) is 12.8 Å². The summed E-state index contributed by atoms with van der Waals surface area (Å²) in [5.41, 5.74) is 5.21. The molecule has 1 aliphatic rings. The number of ether oxygens (including phenoxy) is 2. The lowest BCUT2D eigenvalue weighted by molar-refractivity contribution is -0.152. The zero-order valence-electron chi connectivity index (χ0n) is 18.0. The van der Waals surface area contributed by atoms with E-state index in [9.17, 15) is 9.18 Å². The third-order valence-corrected chi connectivity index (χ3v) is 5.60. The number of rotatable bonds is 11. The van der Waals surface area contributed by atoms with Gasteiger partial charge in [-0.05, 0) is 19.3 Å². The minimum absolute atomic E-state index is 0.0204. The molecule has 0 radical (unpaired) electrons. The zero-order chi connectivity index (χ0) is 22.3. The summed E-state index contributed by atoms with van der Waals surface area (Å²) in [5.74, 6) is 2.31. The number of aromatic nitrogens is 4. The van der Waals surface area contributed by atoms with Gasteiger partial charge in [0.15, 0.2) is 22.6 Å². The fourth-order valence-corrected chi connectivity index (χ4v) is 3.80. The summed E-state index contributed by atoms with van der Waals surface area (Å²) in [6.07, 6.45) is 15.1. The summed E-state index contributed by atoms with van der Waals surface area (Å²) >= 11 is 0. The molecule has 0 aromatic carbocycles. The normalized spacial score (nSPS) is 20.7. The van der Waals surface area contributed by atoms with Crippen molar-refractivity contribution in [2.24, 2.45) is 0 Å². The van der Waals surface area contributed by atoms with E-state index in [0.29, 0.717) is 24.8 Å². The van der Waals surface area contributed by atoms with E-state index in [-0.39, 0.29) is 24.0 Å². The Hall–Kier alpha value is -2.73. The number of nitrogens with zero attached hydrogens (tertiary/aromatic N) is 4. The first-order valence-corrected chi connectivity index (χ1v) is 10.9. The van der Waals surface area contributed by atoms with Crippen molar-refractivity contribution in [1.82, 2.24) is 19.5 Å². The number of hydrogen-bond donors (Lipinski definition) is 1. The highest BCUT2D eigenvalue weighted by Crippen LogP contribution is 2.38. The SMILES string of the molecule is C#C[C@@]1(COC(=O)CCCCCCCCC)CC[C@H](n2cnc3c(N)nc(F)nc32)O1. The topological polar surface area (TPSA) is 105 Å². The van der Waals surface area contributed by atoms with Crippen LogP contribution in [-0.2, 0) is 14.3 Å². The van der Waals surface area contributed by atoms with Gasteiger partial charge in [0.2, 0.25) is 0 Å². The molecule has 0 bridgehead atoms. The molecule has 0 unspecified atom stereocenters. The van der Waals surface area contributed by atoms with E-state index in [4.69, 9.17) is 21.6 Å². The molecule has 0 aliphatic carbocycles. The molecule has 0 spiro atoms. The van der Waals surface area contributed by atoms with E-state index in [1.807, 2.05) is 0 Å². The van der Waals surface area contributed by atoms with Crippen LogP contribution >= 0.6 is 0 Å². The molecule has 31 heavy (non-hydrogen) atoms. The Morgan fingerprint density at radius 2 is 2.10 bits per heavy atom. The highest BCUT2D eigenvalue weighted by Gasteiger charge is 2.41. The van der Waals surface area contributed by atoms with Gasteiger partial charge >= 0.3 is 12.0 Å². The molecule has 168 valence electrons. The lowest BCUT2D eigenvalue weighted by atomic mass is 10.0. The zero-order valence-corrected chi connectivity index (χ0v) is 18.0. The Bertz CT molecular complexity index is 941. The van der Waals surface area contributed by atoms with Crippen LogP contribution < -0.4 is 5.73 Å². The number of terminal acetylenes is 1. The van der Waals surface area contributed by atoms with Crippen LogP contribution in [0.2, 0.25) is 0 Å². The maximum Gasteiger partial charge on any atom is 0.312 e. The van der Waals surface area contributed by atoms with Crippen molar-refractivity contribution < 1.29 is 18.7 Å². The van der Waals surface area contributed by atoms with Crippen LogP contribution in [0.25, 0.3) is 11.2 Å². The molecule has 2 aromatic heterocycles. The first kappa shape index (κ1) is 22.9. The lowest BCUT2D eigenvalue weighted by Gasteiger charge is -2.23. The number of nitrogens with two attached hydrogens (primary N) is 1. The summed E-state index contributed by atoms with van der Waals surface area (Å²) in [6.45, 7) is 2.17. The van der Waals surface area contributed by atoms with Crippen LogP contribution in [0.3, 0.4) is 0 Å². The predicted octanol–water partition coefficient (Wildman–Crippen LogP) is 3.91. The van der Waals surface area contributed by atoms with E-state index in [1.165, 1.54) is 32.0 Å². The van der Waals surface area contributed by atoms with Gasteiger partial charge in [0.25, 0.3) is 0 Å². The smallest absolute Gasteiger partial charge is 0.312 e. The molecule has 8 nitrogen and oxygen atoms in total. The second-order valence-corrected chi connectivity index (χ2v) is 7.98. The van der Waals surface area contributed by atoms with Crippen LogP contribution in [-0.4, -0.2) is 37.7 Å². The van der Waals surface area contributed by atoms with Gasteiger partial charge in [-0.25, -0.2) is 4.98 Å². The summed E-state index contributed by atoms with van der Waals surface area (Å²) in [4.78, 5) is 23.5. The van der Waals surface area contributed by atoms with E-state index in [1.54, 1.807) is 4.57 Å². The molecule has 3 rings (SSSR count). The van der Waals surface area contributed by atoms with Gasteiger partial charge in [0.05, 0.1) is 6.33 Å². The maximum atomic E-state index is 13.6. The van der Waals surface area contributed by atoms with Gasteiger partial charge < -0.3 is 15.2 Å². The van der Waals surface area contributed by atoms with Gasteiger partial charge in [-0.1, -0.05) is 51.4 Å². The number of carbonyl (C=O) groups excluding carboxylic acids is 1. The van der Waals surface area contributed by atoms with Crippen LogP contribution in [0, 0.1) is 18.4 Å². The molecule has 2 N–H and O–H groups in total. The van der Waals surface area contributed by atoms with Gasteiger partial charge in [-0.3, -0.25) is 9.36 Å². The molecule has 1 fully saturated rings. The first-order valence-electron chi connectivity index (χ1n) is 10.9. The molecule has 1 saturated heterocycles. The number of anilines is 1. The molecular weight excluding hydrogens is 401 g/mol. The van der Waals surface area contributed by atoms with Crippen molar-refractivity contribution in [1.29, 1.82) is 0 Å². The van der Waals surface area contributed by atoms with Crippen molar-refractivity contribution in [3.05, 3.63) is 12.4 Å². The van der Waals surface area contributed by atoms with E-state index < -0.39 is 17.9 Å². The number of nitrogen functional groups attached to an aromatic ring is 1. The summed E-state index contributed by atoms with van der Waals surface area (Å²) in [7, 11) is 0. The number of esters is 1. The predicted molar refractivity (Wildman–Crippen MR) is 114 cm³/mol. The first-order chi connectivity index (χ1) is 15.0. The largest absolute Gasteiger partial charge is 0.462 e.